The number of carbonyl (C=O) groups excluding carboxylic acids is 1. The summed E-state index contributed by atoms with van der Waals surface area (Å²) < 4.78 is 0. The summed E-state index contributed by atoms with van der Waals surface area (Å²) in [6, 6.07) is 1.18. The molecule has 0 radical (unpaired) electrons. The Morgan fingerprint density at radius 2 is 1.89 bits per heavy atom. The zero-order chi connectivity index (χ0) is 13.1. The summed E-state index contributed by atoms with van der Waals surface area (Å²) in [5.74, 6) is 0.656. The Bertz CT molecular complexity index is 305. The van der Waals surface area contributed by atoms with Crippen LogP contribution in [0.3, 0.4) is 0 Å². The molecule has 0 aromatic carbocycles. The molecule has 1 saturated heterocycles. The second-order valence-corrected chi connectivity index (χ2v) is 6.53. The van der Waals surface area contributed by atoms with Crippen molar-refractivity contribution in [2.75, 3.05) is 19.6 Å². The molecule has 1 atom stereocenters. The van der Waals surface area contributed by atoms with Gasteiger partial charge in [-0.25, -0.2) is 4.79 Å². The zero-order valence-electron chi connectivity index (χ0n) is 11.9. The summed E-state index contributed by atoms with van der Waals surface area (Å²) in [6.45, 7) is 3.18. The maximum atomic E-state index is 12.4. The Kier molecular flexibility index (Phi) is 4.26. The minimum Gasteiger partial charge on any atom is -0.335 e. The van der Waals surface area contributed by atoms with Crippen LogP contribution in [0.15, 0.2) is 0 Å². The van der Waals surface area contributed by atoms with E-state index in [0.717, 1.165) is 19.6 Å². The number of urea groups is 1. The molecule has 2 amide bonds. The molecule has 1 heterocycles. The minimum atomic E-state index is 0.208. The largest absolute Gasteiger partial charge is 0.335 e. The van der Waals surface area contributed by atoms with Crippen molar-refractivity contribution >= 4 is 6.03 Å². The van der Waals surface area contributed by atoms with Crippen molar-refractivity contribution in [3.63, 3.8) is 0 Å². The maximum absolute atomic E-state index is 12.4. The average Bonchev–Trinajstić information content (AvgIpc) is 3.15. The Morgan fingerprint density at radius 3 is 2.53 bits per heavy atom. The van der Waals surface area contributed by atoms with Crippen LogP contribution < -0.4 is 10.6 Å². The van der Waals surface area contributed by atoms with Crippen LogP contribution in [0.25, 0.3) is 0 Å². The van der Waals surface area contributed by atoms with Crippen LogP contribution >= 0.6 is 0 Å². The van der Waals surface area contributed by atoms with E-state index in [9.17, 15) is 4.79 Å². The fourth-order valence-electron chi connectivity index (χ4n) is 3.47. The molecule has 0 aromatic rings. The van der Waals surface area contributed by atoms with Crippen LogP contribution in [0.2, 0.25) is 0 Å². The molecule has 2 aliphatic carbocycles. The van der Waals surface area contributed by atoms with Crippen molar-refractivity contribution in [3.8, 4) is 0 Å². The van der Waals surface area contributed by atoms with Gasteiger partial charge in [-0.2, -0.15) is 0 Å². The van der Waals surface area contributed by atoms with Gasteiger partial charge in [0, 0.05) is 18.6 Å². The van der Waals surface area contributed by atoms with Crippen LogP contribution in [0, 0.1) is 5.92 Å². The fourth-order valence-corrected chi connectivity index (χ4v) is 3.47. The summed E-state index contributed by atoms with van der Waals surface area (Å²) in [7, 11) is 0. The number of piperidine rings is 1. The molecular formula is C15H27N3O. The third-order valence-corrected chi connectivity index (χ3v) is 4.79. The van der Waals surface area contributed by atoms with Gasteiger partial charge in [0.2, 0.25) is 0 Å². The van der Waals surface area contributed by atoms with Gasteiger partial charge in [0.25, 0.3) is 0 Å². The molecule has 1 aliphatic heterocycles. The van der Waals surface area contributed by atoms with E-state index in [2.05, 4.69) is 15.5 Å². The van der Waals surface area contributed by atoms with Crippen LogP contribution in [0.4, 0.5) is 4.79 Å². The summed E-state index contributed by atoms with van der Waals surface area (Å²) in [4.78, 5) is 14.6. The number of hydrogen-bond donors (Lipinski definition) is 2. The fraction of sp³-hybridized carbons (Fsp3) is 0.933. The Balaban J connectivity index is 1.52. The number of nitrogens with one attached hydrogen (secondary N) is 2. The number of nitrogens with zero attached hydrogens (tertiary/aromatic N) is 1. The normalized spacial score (nSPS) is 28.3. The molecule has 4 nitrogen and oxygen atoms in total. The number of hydrogen-bond acceptors (Lipinski definition) is 2. The highest BCUT2D eigenvalue weighted by molar-refractivity contribution is 5.75. The summed E-state index contributed by atoms with van der Waals surface area (Å²) in [5, 5.41) is 6.71. The molecule has 2 N–H and O–H groups in total. The summed E-state index contributed by atoms with van der Waals surface area (Å²) in [5.41, 5.74) is 0. The van der Waals surface area contributed by atoms with Gasteiger partial charge in [0.05, 0.1) is 0 Å². The van der Waals surface area contributed by atoms with Crippen LogP contribution in [-0.2, 0) is 0 Å². The number of rotatable bonds is 4. The molecule has 108 valence electrons. The van der Waals surface area contributed by atoms with E-state index in [1.807, 2.05) is 0 Å². The van der Waals surface area contributed by atoms with Crippen LogP contribution in [-0.4, -0.2) is 42.6 Å². The van der Waals surface area contributed by atoms with Crippen molar-refractivity contribution in [1.82, 2.24) is 15.5 Å². The lowest BCUT2D eigenvalue weighted by Crippen LogP contribution is -2.48. The SMILES string of the molecule is O=C(NC1CCCC1)N(CC1CCCNC1)C1CC1. The van der Waals surface area contributed by atoms with Crippen molar-refractivity contribution in [2.24, 2.45) is 5.92 Å². The predicted molar refractivity (Wildman–Crippen MR) is 76.1 cm³/mol. The second-order valence-electron chi connectivity index (χ2n) is 6.53. The van der Waals surface area contributed by atoms with E-state index in [1.165, 1.54) is 51.4 Å². The van der Waals surface area contributed by atoms with E-state index in [-0.39, 0.29) is 6.03 Å². The van der Waals surface area contributed by atoms with Gasteiger partial charge in [0.1, 0.15) is 0 Å². The van der Waals surface area contributed by atoms with E-state index in [1.54, 1.807) is 0 Å². The number of amides is 2. The number of carbonyl (C=O) groups is 1. The quantitative estimate of drug-likeness (QED) is 0.817. The first-order chi connectivity index (χ1) is 9.33. The lowest BCUT2D eigenvalue weighted by atomic mass is 9.99. The summed E-state index contributed by atoms with van der Waals surface area (Å²) >= 11 is 0. The molecule has 1 unspecified atom stereocenters. The topological polar surface area (TPSA) is 44.4 Å². The first-order valence-electron chi connectivity index (χ1n) is 8.11. The Hall–Kier alpha value is -0.770. The first kappa shape index (κ1) is 13.2. The standard InChI is InChI=1S/C15H27N3O/c19-15(17-13-5-1-2-6-13)18(14-7-8-14)11-12-4-3-9-16-10-12/h12-14,16H,1-11H2,(H,17,19). The lowest BCUT2D eigenvalue weighted by Gasteiger charge is -2.31. The van der Waals surface area contributed by atoms with Gasteiger partial charge in [-0.3, -0.25) is 0 Å². The van der Waals surface area contributed by atoms with Crippen molar-refractivity contribution < 1.29 is 4.79 Å². The molecule has 3 aliphatic rings. The van der Waals surface area contributed by atoms with Gasteiger partial charge in [-0.15, -0.1) is 0 Å². The molecule has 0 aromatic heterocycles. The molecule has 4 heteroatoms. The molecule has 3 fully saturated rings. The molecule has 0 spiro atoms. The predicted octanol–water partition coefficient (Wildman–Crippen LogP) is 2.10. The van der Waals surface area contributed by atoms with Crippen molar-refractivity contribution in [1.29, 1.82) is 0 Å². The highest BCUT2D eigenvalue weighted by atomic mass is 16.2. The first-order valence-corrected chi connectivity index (χ1v) is 8.11. The molecular weight excluding hydrogens is 238 g/mol. The van der Waals surface area contributed by atoms with E-state index >= 15 is 0 Å². The maximum Gasteiger partial charge on any atom is 0.317 e. The smallest absolute Gasteiger partial charge is 0.317 e. The second kappa shape index (κ2) is 6.12. The van der Waals surface area contributed by atoms with Crippen LogP contribution in [0.5, 0.6) is 0 Å². The van der Waals surface area contributed by atoms with Gasteiger partial charge >= 0.3 is 6.03 Å². The zero-order valence-corrected chi connectivity index (χ0v) is 11.9. The van der Waals surface area contributed by atoms with E-state index in [4.69, 9.17) is 0 Å². The monoisotopic (exact) mass is 265 g/mol. The van der Waals surface area contributed by atoms with Gasteiger partial charge in [-0.1, -0.05) is 12.8 Å². The minimum absolute atomic E-state index is 0.208. The third kappa shape index (κ3) is 3.62. The van der Waals surface area contributed by atoms with Crippen molar-refractivity contribution in [2.45, 2.75) is 63.5 Å². The van der Waals surface area contributed by atoms with Gasteiger partial charge < -0.3 is 15.5 Å². The van der Waals surface area contributed by atoms with Crippen molar-refractivity contribution in [3.05, 3.63) is 0 Å². The molecule has 0 bridgehead atoms. The third-order valence-electron chi connectivity index (χ3n) is 4.79. The van der Waals surface area contributed by atoms with E-state index < -0.39 is 0 Å². The Morgan fingerprint density at radius 1 is 1.11 bits per heavy atom. The average molecular weight is 265 g/mol. The Labute approximate surface area is 116 Å². The highest BCUT2D eigenvalue weighted by Crippen LogP contribution is 2.29. The molecule has 2 saturated carbocycles. The van der Waals surface area contributed by atoms with Crippen LogP contribution in [0.1, 0.15) is 51.4 Å². The molecule has 19 heavy (non-hydrogen) atoms. The lowest BCUT2D eigenvalue weighted by molar-refractivity contribution is 0.174. The highest BCUT2D eigenvalue weighted by Gasteiger charge is 2.35. The van der Waals surface area contributed by atoms with Gasteiger partial charge in [0.15, 0.2) is 0 Å². The van der Waals surface area contributed by atoms with E-state index in [0.29, 0.717) is 18.0 Å². The van der Waals surface area contributed by atoms with Gasteiger partial charge in [-0.05, 0) is 57.5 Å². The summed E-state index contributed by atoms with van der Waals surface area (Å²) in [6.07, 6.45) is 9.85. The molecule has 3 rings (SSSR count).